The molecule has 1 fully saturated rings. The molecule has 6 rings (SSSR count). The smallest absolute Gasteiger partial charge is 0.273 e. The Bertz CT molecular complexity index is 1670. The summed E-state index contributed by atoms with van der Waals surface area (Å²) in [6.45, 7) is 2.46. The molecular formula is C29H27ClN9O2+. The molecule has 2 aromatic heterocycles. The van der Waals surface area contributed by atoms with Crippen LogP contribution in [0, 0.1) is 6.92 Å². The van der Waals surface area contributed by atoms with E-state index in [-0.39, 0.29) is 33.4 Å². The number of hydrogen-bond donors (Lipinski definition) is 2. The zero-order valence-electron chi connectivity index (χ0n) is 22.2. The number of halogens is 1. The Kier molecular flexibility index (Phi) is 7.00. The maximum absolute atomic E-state index is 13.6. The third-order valence-corrected chi connectivity index (χ3v) is 7.57. The van der Waals surface area contributed by atoms with Crippen LogP contribution in [0.3, 0.4) is 0 Å². The number of hydrogen-bond acceptors (Lipinski definition) is 8. The summed E-state index contributed by atoms with van der Waals surface area (Å²) in [5.41, 5.74) is 3.68. The summed E-state index contributed by atoms with van der Waals surface area (Å²) in [5, 5.41) is 2.83. The predicted octanol–water partition coefficient (Wildman–Crippen LogP) is 4.00. The number of rotatable bonds is 5. The van der Waals surface area contributed by atoms with Crippen molar-refractivity contribution in [3.8, 4) is 0 Å². The van der Waals surface area contributed by atoms with Crippen molar-refractivity contribution in [2.45, 2.75) is 32.2 Å². The number of carbonyl (C=O) groups is 2. The van der Waals surface area contributed by atoms with Crippen LogP contribution < -0.4 is 11.2 Å². The highest BCUT2D eigenvalue weighted by Crippen LogP contribution is 2.37. The molecule has 1 saturated heterocycles. The van der Waals surface area contributed by atoms with E-state index in [1.165, 1.54) is 6.20 Å². The van der Waals surface area contributed by atoms with Gasteiger partial charge in [-0.1, -0.05) is 6.07 Å². The zero-order chi connectivity index (χ0) is 28.6. The van der Waals surface area contributed by atoms with E-state index < -0.39 is 0 Å². The van der Waals surface area contributed by atoms with Crippen molar-refractivity contribution >= 4 is 41.3 Å². The van der Waals surface area contributed by atoms with Gasteiger partial charge in [-0.05, 0) is 79.7 Å². The quantitative estimate of drug-likeness (QED) is 0.271. The molecule has 1 unspecified atom stereocenters. The molecule has 0 bridgehead atoms. The van der Waals surface area contributed by atoms with Gasteiger partial charge in [0.2, 0.25) is 11.0 Å². The van der Waals surface area contributed by atoms with Gasteiger partial charge in [-0.15, -0.1) is 4.59 Å². The number of allylic oxidation sites excluding steroid dienone is 1. The van der Waals surface area contributed by atoms with Crippen molar-refractivity contribution in [2.24, 2.45) is 15.8 Å². The highest BCUT2D eigenvalue weighted by atomic mass is 35.5. The van der Waals surface area contributed by atoms with Crippen molar-refractivity contribution in [3.05, 3.63) is 106 Å². The van der Waals surface area contributed by atoms with Crippen molar-refractivity contribution < 1.29 is 14.2 Å². The molecule has 2 amide bonds. The van der Waals surface area contributed by atoms with Gasteiger partial charge < -0.3 is 10.2 Å². The second-order valence-corrected chi connectivity index (χ2v) is 10.3. The number of pyridine rings is 1. The number of nitrogens with two attached hydrogens (primary N) is 1. The van der Waals surface area contributed by atoms with Gasteiger partial charge in [-0.3, -0.25) is 14.6 Å². The van der Waals surface area contributed by atoms with Crippen LogP contribution in [0.15, 0.2) is 88.6 Å². The maximum atomic E-state index is 13.6. The van der Waals surface area contributed by atoms with E-state index in [2.05, 4.69) is 25.3 Å². The topological polar surface area (TPSA) is 139 Å². The van der Waals surface area contributed by atoms with Crippen molar-refractivity contribution in [1.82, 2.24) is 19.9 Å². The molecule has 206 valence electrons. The number of amides is 2. The maximum Gasteiger partial charge on any atom is 0.273 e. The van der Waals surface area contributed by atoms with Crippen LogP contribution in [0.4, 0.5) is 5.82 Å². The molecule has 3 N–H and O–H groups in total. The van der Waals surface area contributed by atoms with Gasteiger partial charge in [-0.2, -0.15) is 10.8 Å². The Morgan fingerprint density at radius 1 is 1.12 bits per heavy atom. The molecule has 11 nitrogen and oxygen atoms in total. The summed E-state index contributed by atoms with van der Waals surface area (Å²) in [7, 11) is 0. The number of aliphatic imine (C=N–C) groups is 2. The zero-order valence-corrected chi connectivity index (χ0v) is 23.0. The van der Waals surface area contributed by atoms with Gasteiger partial charge in [0, 0.05) is 24.5 Å². The van der Waals surface area contributed by atoms with Crippen LogP contribution in [-0.4, -0.2) is 60.9 Å². The largest absolute Gasteiger partial charge is 0.328 e. The van der Waals surface area contributed by atoms with Crippen LogP contribution >= 0.6 is 11.6 Å². The van der Waals surface area contributed by atoms with Crippen molar-refractivity contribution in [3.63, 3.8) is 0 Å². The number of piperidine rings is 1. The second kappa shape index (κ2) is 10.8. The molecule has 1 aromatic carbocycles. The van der Waals surface area contributed by atoms with Crippen LogP contribution in [0.25, 0.3) is 0 Å². The van der Waals surface area contributed by atoms with Gasteiger partial charge >= 0.3 is 0 Å². The molecule has 0 radical (unpaired) electrons. The molecule has 12 heteroatoms. The molecule has 5 heterocycles. The number of anilines is 1. The minimum Gasteiger partial charge on any atom is -0.328 e. The number of carbonyl (C=O) groups excluding carboxylic acids is 2. The Morgan fingerprint density at radius 2 is 2.00 bits per heavy atom. The molecule has 3 aliphatic heterocycles. The SMILES string of the molecule is Cc1cc(C(=O)Nc2ccccn2)ccc1C1=NC([C@@H]2CCCCN2C(=O)c2ccnc(Cl)n2)=C2C=NC=C[N+]12N. The summed E-state index contributed by atoms with van der Waals surface area (Å²) in [5.74, 6) is 7.54. The van der Waals surface area contributed by atoms with Crippen LogP contribution in [-0.2, 0) is 0 Å². The summed E-state index contributed by atoms with van der Waals surface area (Å²) in [6.07, 6.45) is 10.7. The highest BCUT2D eigenvalue weighted by Gasteiger charge is 2.48. The molecule has 41 heavy (non-hydrogen) atoms. The molecule has 3 aromatic rings. The van der Waals surface area contributed by atoms with E-state index in [4.69, 9.17) is 22.4 Å². The number of amidine groups is 1. The van der Waals surface area contributed by atoms with Gasteiger partial charge in [0.15, 0.2) is 0 Å². The number of fused-ring (bicyclic) bond motifs is 1. The van der Waals surface area contributed by atoms with E-state index in [1.807, 2.05) is 13.0 Å². The third kappa shape index (κ3) is 4.95. The lowest BCUT2D eigenvalue weighted by atomic mass is 9.97. The average molecular weight is 569 g/mol. The Labute approximate surface area is 241 Å². The van der Waals surface area contributed by atoms with Crippen molar-refractivity contribution in [1.29, 1.82) is 0 Å². The first-order valence-electron chi connectivity index (χ1n) is 13.2. The molecular weight excluding hydrogens is 542 g/mol. The fraction of sp³-hybridized carbons (Fsp3) is 0.207. The van der Waals surface area contributed by atoms with Gasteiger partial charge in [0.05, 0.1) is 24.0 Å². The Hall–Kier alpha value is -4.58. The molecule has 2 atom stereocenters. The summed E-state index contributed by atoms with van der Waals surface area (Å²) in [6, 6.07) is 11.9. The number of benzene rings is 1. The lowest BCUT2D eigenvalue weighted by molar-refractivity contribution is -0.750. The number of nitrogens with zero attached hydrogens (tertiary/aromatic N) is 7. The minimum absolute atomic E-state index is 0.0161. The number of aromatic nitrogens is 3. The lowest BCUT2D eigenvalue weighted by Gasteiger charge is -2.35. The minimum atomic E-state index is -0.333. The van der Waals surface area contributed by atoms with Gasteiger partial charge in [0.25, 0.3) is 17.6 Å². The third-order valence-electron chi connectivity index (χ3n) is 7.38. The normalized spacial score (nSPS) is 21.5. The first-order valence-corrected chi connectivity index (χ1v) is 13.6. The van der Waals surface area contributed by atoms with E-state index in [1.54, 1.807) is 66.1 Å². The van der Waals surface area contributed by atoms with E-state index in [0.29, 0.717) is 41.6 Å². The molecule has 3 aliphatic rings. The lowest BCUT2D eigenvalue weighted by Crippen LogP contribution is -2.53. The fourth-order valence-corrected chi connectivity index (χ4v) is 5.52. The summed E-state index contributed by atoms with van der Waals surface area (Å²) >= 11 is 5.98. The second-order valence-electron chi connectivity index (χ2n) is 9.98. The molecule has 0 spiro atoms. The Morgan fingerprint density at radius 3 is 2.78 bits per heavy atom. The number of aryl methyl sites for hydroxylation is 1. The monoisotopic (exact) mass is 568 g/mol. The van der Waals surface area contributed by atoms with Crippen LogP contribution in [0.1, 0.15) is 51.2 Å². The van der Waals surface area contributed by atoms with E-state index in [9.17, 15) is 9.59 Å². The van der Waals surface area contributed by atoms with Crippen LogP contribution in [0.2, 0.25) is 5.28 Å². The standard InChI is InChI=1S/C29H26ClN9O2/c1-18-16-19(27(40)36-24-7-2-4-11-33-24)8-9-20(18)26-37-25(23-17-32-13-15-39(23,26)31)22-6-3-5-14-38(22)28(41)21-10-12-34-29(30)35-21/h2,4,7-13,15-17,22H,3,5-6,14,31H2,1H3/p+1/t22-,39?/m0/s1. The fourth-order valence-electron chi connectivity index (χ4n) is 5.37. The number of quaternary nitrogens is 1. The number of nitrogens with one attached hydrogen (secondary N) is 1. The first-order chi connectivity index (χ1) is 19.8. The summed E-state index contributed by atoms with van der Waals surface area (Å²) < 4.78 is -0.197. The average Bonchev–Trinajstić information content (AvgIpc) is 3.29. The van der Waals surface area contributed by atoms with Crippen LogP contribution in [0.5, 0.6) is 0 Å². The van der Waals surface area contributed by atoms with E-state index >= 15 is 0 Å². The summed E-state index contributed by atoms with van der Waals surface area (Å²) in [4.78, 5) is 49.9. The van der Waals surface area contributed by atoms with Crippen molar-refractivity contribution in [2.75, 3.05) is 11.9 Å². The number of likely N-dealkylation sites (tertiary alicyclic amines) is 1. The van der Waals surface area contributed by atoms with E-state index in [0.717, 1.165) is 24.0 Å². The first kappa shape index (κ1) is 26.6. The van der Waals surface area contributed by atoms with Gasteiger partial charge in [0.1, 0.15) is 23.4 Å². The molecule has 0 saturated carbocycles. The highest BCUT2D eigenvalue weighted by molar-refractivity contribution is 6.28. The molecule has 0 aliphatic carbocycles. The Balaban J connectivity index is 1.35. The predicted molar refractivity (Wildman–Crippen MR) is 155 cm³/mol. The van der Waals surface area contributed by atoms with Gasteiger partial charge in [-0.25, -0.2) is 15.0 Å².